The number of furan rings is 1. The first-order valence-corrected chi connectivity index (χ1v) is 5.40. The third-order valence-electron chi connectivity index (χ3n) is 2.48. The average molecular weight is 216 g/mol. The molecule has 1 unspecified atom stereocenters. The van der Waals surface area contributed by atoms with Gasteiger partial charge in [-0.3, -0.25) is 4.98 Å². The van der Waals surface area contributed by atoms with Gasteiger partial charge in [0.05, 0.1) is 17.9 Å². The molecule has 0 amide bonds. The van der Waals surface area contributed by atoms with Gasteiger partial charge in [-0.25, -0.2) is 0 Å². The van der Waals surface area contributed by atoms with E-state index in [9.17, 15) is 0 Å². The molecule has 2 heterocycles. The van der Waals surface area contributed by atoms with Crippen molar-refractivity contribution in [2.45, 2.75) is 26.8 Å². The number of aromatic nitrogens is 1. The SMILES string of the molecule is Cc1ccc(NC(C)c2ccc(C)o2)cn1. The van der Waals surface area contributed by atoms with Crippen LogP contribution in [0.25, 0.3) is 0 Å². The van der Waals surface area contributed by atoms with Gasteiger partial charge in [0.1, 0.15) is 11.5 Å². The van der Waals surface area contributed by atoms with Gasteiger partial charge in [0, 0.05) is 5.69 Å². The summed E-state index contributed by atoms with van der Waals surface area (Å²) < 4.78 is 5.56. The Morgan fingerprint density at radius 1 is 1.19 bits per heavy atom. The average Bonchev–Trinajstić information content (AvgIpc) is 2.68. The van der Waals surface area contributed by atoms with Crippen molar-refractivity contribution in [2.75, 3.05) is 5.32 Å². The van der Waals surface area contributed by atoms with Gasteiger partial charge < -0.3 is 9.73 Å². The van der Waals surface area contributed by atoms with Gasteiger partial charge >= 0.3 is 0 Å². The van der Waals surface area contributed by atoms with E-state index in [0.29, 0.717) is 0 Å². The van der Waals surface area contributed by atoms with Crippen LogP contribution in [0.4, 0.5) is 5.69 Å². The minimum Gasteiger partial charge on any atom is -0.464 e. The van der Waals surface area contributed by atoms with E-state index in [2.05, 4.69) is 17.2 Å². The standard InChI is InChI=1S/C13H16N2O/c1-9-4-6-12(8-14-9)15-11(3)13-7-5-10(2)16-13/h4-8,11,15H,1-3H3. The number of nitrogens with zero attached hydrogens (tertiary/aromatic N) is 1. The van der Waals surface area contributed by atoms with Crippen molar-refractivity contribution in [1.82, 2.24) is 4.98 Å². The van der Waals surface area contributed by atoms with Gasteiger partial charge in [-0.15, -0.1) is 0 Å². The number of anilines is 1. The van der Waals surface area contributed by atoms with Gasteiger partial charge in [0.25, 0.3) is 0 Å². The summed E-state index contributed by atoms with van der Waals surface area (Å²) in [6.07, 6.45) is 1.83. The van der Waals surface area contributed by atoms with E-state index in [-0.39, 0.29) is 6.04 Å². The van der Waals surface area contributed by atoms with Gasteiger partial charge in [-0.05, 0) is 45.0 Å². The smallest absolute Gasteiger partial charge is 0.126 e. The minimum atomic E-state index is 0.151. The van der Waals surface area contributed by atoms with Crippen LogP contribution >= 0.6 is 0 Å². The molecule has 1 atom stereocenters. The highest BCUT2D eigenvalue weighted by Gasteiger charge is 2.08. The van der Waals surface area contributed by atoms with E-state index in [1.807, 2.05) is 44.3 Å². The lowest BCUT2D eigenvalue weighted by Gasteiger charge is -2.12. The largest absolute Gasteiger partial charge is 0.464 e. The van der Waals surface area contributed by atoms with Gasteiger partial charge in [0.2, 0.25) is 0 Å². The summed E-state index contributed by atoms with van der Waals surface area (Å²) in [7, 11) is 0. The third kappa shape index (κ3) is 2.42. The van der Waals surface area contributed by atoms with E-state index in [1.54, 1.807) is 0 Å². The second-order valence-electron chi connectivity index (χ2n) is 4.00. The Bertz CT molecular complexity index is 459. The van der Waals surface area contributed by atoms with Crippen LogP contribution < -0.4 is 5.32 Å². The number of pyridine rings is 1. The Balaban J connectivity index is 2.07. The third-order valence-corrected chi connectivity index (χ3v) is 2.48. The maximum Gasteiger partial charge on any atom is 0.126 e. The normalized spacial score (nSPS) is 12.4. The van der Waals surface area contributed by atoms with Crippen molar-refractivity contribution in [3.63, 3.8) is 0 Å². The molecule has 0 spiro atoms. The molecule has 2 rings (SSSR count). The van der Waals surface area contributed by atoms with Crippen molar-refractivity contribution in [3.05, 3.63) is 47.7 Å². The van der Waals surface area contributed by atoms with Gasteiger partial charge in [-0.1, -0.05) is 0 Å². The molecule has 0 aliphatic rings. The first-order valence-electron chi connectivity index (χ1n) is 5.40. The second-order valence-corrected chi connectivity index (χ2v) is 4.00. The van der Waals surface area contributed by atoms with Crippen molar-refractivity contribution in [1.29, 1.82) is 0 Å². The summed E-state index contributed by atoms with van der Waals surface area (Å²) >= 11 is 0. The Hall–Kier alpha value is -1.77. The molecule has 3 nitrogen and oxygen atoms in total. The van der Waals surface area contributed by atoms with E-state index in [4.69, 9.17) is 4.42 Å². The lowest BCUT2D eigenvalue weighted by atomic mass is 10.2. The summed E-state index contributed by atoms with van der Waals surface area (Å²) in [4.78, 5) is 4.24. The number of rotatable bonds is 3. The van der Waals surface area contributed by atoms with Crippen LogP contribution in [0.1, 0.15) is 30.2 Å². The molecule has 0 aromatic carbocycles. The quantitative estimate of drug-likeness (QED) is 0.853. The molecular formula is C13H16N2O. The van der Waals surface area contributed by atoms with Crippen LogP contribution in [0, 0.1) is 13.8 Å². The molecule has 0 bridgehead atoms. The monoisotopic (exact) mass is 216 g/mol. The molecule has 16 heavy (non-hydrogen) atoms. The molecule has 2 aromatic rings. The van der Waals surface area contributed by atoms with Crippen LogP contribution in [0.5, 0.6) is 0 Å². The van der Waals surface area contributed by atoms with Crippen molar-refractivity contribution in [3.8, 4) is 0 Å². The number of hydrogen-bond acceptors (Lipinski definition) is 3. The molecule has 84 valence electrons. The molecule has 0 fully saturated rings. The summed E-state index contributed by atoms with van der Waals surface area (Å²) in [6, 6.07) is 8.13. The topological polar surface area (TPSA) is 38.1 Å². The maximum atomic E-state index is 5.56. The lowest BCUT2D eigenvalue weighted by Crippen LogP contribution is -2.05. The highest BCUT2D eigenvalue weighted by molar-refractivity contribution is 5.42. The highest BCUT2D eigenvalue weighted by Crippen LogP contribution is 2.20. The van der Waals surface area contributed by atoms with E-state index in [0.717, 1.165) is 22.9 Å². The lowest BCUT2D eigenvalue weighted by molar-refractivity contribution is 0.467. The van der Waals surface area contributed by atoms with Crippen LogP contribution in [0.2, 0.25) is 0 Å². The van der Waals surface area contributed by atoms with Crippen LogP contribution in [0.3, 0.4) is 0 Å². The fraction of sp³-hybridized carbons (Fsp3) is 0.308. The molecule has 1 N–H and O–H groups in total. The predicted octanol–water partition coefficient (Wildman–Crippen LogP) is 3.46. The first kappa shape index (κ1) is 10.7. The molecule has 2 aromatic heterocycles. The predicted molar refractivity (Wildman–Crippen MR) is 64.5 cm³/mol. The van der Waals surface area contributed by atoms with E-state index >= 15 is 0 Å². The van der Waals surface area contributed by atoms with E-state index < -0.39 is 0 Å². The number of hydrogen-bond donors (Lipinski definition) is 1. The minimum absolute atomic E-state index is 0.151. The van der Waals surface area contributed by atoms with Crippen molar-refractivity contribution >= 4 is 5.69 Å². The van der Waals surface area contributed by atoms with Crippen LogP contribution in [-0.2, 0) is 0 Å². The Morgan fingerprint density at radius 2 is 2.00 bits per heavy atom. The zero-order valence-corrected chi connectivity index (χ0v) is 9.82. The maximum absolute atomic E-state index is 5.56. The van der Waals surface area contributed by atoms with Crippen LogP contribution in [0.15, 0.2) is 34.9 Å². The van der Waals surface area contributed by atoms with E-state index in [1.165, 1.54) is 0 Å². The summed E-state index contributed by atoms with van der Waals surface area (Å²) in [5.74, 6) is 1.88. The molecule has 0 saturated carbocycles. The van der Waals surface area contributed by atoms with Crippen LogP contribution in [-0.4, -0.2) is 4.98 Å². The van der Waals surface area contributed by atoms with Crippen molar-refractivity contribution < 1.29 is 4.42 Å². The highest BCUT2D eigenvalue weighted by atomic mass is 16.3. The molecule has 0 radical (unpaired) electrons. The van der Waals surface area contributed by atoms with Gasteiger partial charge in [0.15, 0.2) is 0 Å². The Labute approximate surface area is 95.5 Å². The summed E-state index contributed by atoms with van der Waals surface area (Å²) in [5, 5.41) is 3.34. The summed E-state index contributed by atoms with van der Waals surface area (Å²) in [5.41, 5.74) is 2.03. The fourth-order valence-corrected chi connectivity index (χ4v) is 1.56. The summed E-state index contributed by atoms with van der Waals surface area (Å²) in [6.45, 7) is 5.99. The Morgan fingerprint density at radius 3 is 2.56 bits per heavy atom. The molecule has 0 aliphatic heterocycles. The van der Waals surface area contributed by atoms with Crippen molar-refractivity contribution in [2.24, 2.45) is 0 Å². The molecule has 3 heteroatoms. The zero-order valence-electron chi connectivity index (χ0n) is 9.82. The molecular weight excluding hydrogens is 200 g/mol. The fourth-order valence-electron chi connectivity index (χ4n) is 1.56. The van der Waals surface area contributed by atoms with Gasteiger partial charge in [-0.2, -0.15) is 0 Å². The molecule has 0 saturated heterocycles. The number of aryl methyl sites for hydroxylation is 2. The first-order chi connectivity index (χ1) is 7.65. The number of nitrogens with one attached hydrogen (secondary N) is 1. The molecule has 0 aliphatic carbocycles. The Kier molecular flexibility index (Phi) is 2.95. The zero-order chi connectivity index (χ0) is 11.5. The second kappa shape index (κ2) is 4.39.